The predicted octanol–water partition coefficient (Wildman–Crippen LogP) is 3.85. The molecule has 1 saturated heterocycles. The molecule has 3 rings (SSSR count). The van der Waals surface area contributed by atoms with Crippen LogP contribution in [0.3, 0.4) is 0 Å². The first-order valence-electron chi connectivity index (χ1n) is 7.29. The monoisotopic (exact) mass is 248 g/mol. The second-order valence-electron chi connectivity index (χ2n) is 7.15. The van der Waals surface area contributed by atoms with Gasteiger partial charge in [-0.2, -0.15) is 0 Å². The fraction of sp³-hybridized carbons (Fsp3) is 0.812. The van der Waals surface area contributed by atoms with Crippen LogP contribution in [0.1, 0.15) is 59.8 Å². The summed E-state index contributed by atoms with van der Waals surface area (Å²) in [7, 11) is 0. The minimum atomic E-state index is 0.0117. The van der Waals surface area contributed by atoms with E-state index in [1.165, 1.54) is 36.8 Å². The zero-order valence-corrected chi connectivity index (χ0v) is 12.0. The van der Waals surface area contributed by atoms with Gasteiger partial charge in [-0.3, -0.25) is 4.79 Å². The molecule has 1 aliphatic heterocycles. The van der Waals surface area contributed by atoms with E-state index in [1.54, 1.807) is 0 Å². The lowest BCUT2D eigenvalue weighted by Gasteiger charge is -2.50. The minimum absolute atomic E-state index is 0.0117. The third-order valence-electron chi connectivity index (χ3n) is 6.04. The SMILES string of the molecule is CC1=C2[C@@H]3OC(=O)[C@H](C)C3(C)CC[C@@]2(C)CCC1. The molecule has 1 saturated carbocycles. The van der Waals surface area contributed by atoms with Gasteiger partial charge in [-0.05, 0) is 50.0 Å². The molecule has 4 atom stereocenters. The van der Waals surface area contributed by atoms with Crippen LogP contribution < -0.4 is 0 Å². The Labute approximate surface area is 110 Å². The average molecular weight is 248 g/mol. The molecule has 0 radical (unpaired) electrons. The Bertz CT molecular complexity index is 436. The van der Waals surface area contributed by atoms with Crippen molar-refractivity contribution in [1.29, 1.82) is 0 Å². The van der Waals surface area contributed by atoms with Crippen molar-refractivity contribution in [2.24, 2.45) is 16.7 Å². The van der Waals surface area contributed by atoms with Gasteiger partial charge in [0.15, 0.2) is 0 Å². The van der Waals surface area contributed by atoms with Crippen LogP contribution in [0.4, 0.5) is 0 Å². The molecule has 0 aromatic heterocycles. The van der Waals surface area contributed by atoms with Crippen molar-refractivity contribution in [3.63, 3.8) is 0 Å². The molecule has 2 aliphatic carbocycles. The van der Waals surface area contributed by atoms with E-state index in [0.717, 1.165) is 6.42 Å². The molecule has 0 bridgehead atoms. The lowest BCUT2D eigenvalue weighted by Crippen LogP contribution is -2.46. The molecule has 18 heavy (non-hydrogen) atoms. The van der Waals surface area contributed by atoms with Crippen molar-refractivity contribution in [3.05, 3.63) is 11.1 Å². The molecule has 0 spiro atoms. The molecule has 2 fully saturated rings. The maximum atomic E-state index is 12.0. The number of carbonyl (C=O) groups is 1. The fourth-order valence-corrected chi connectivity index (χ4v) is 4.46. The van der Waals surface area contributed by atoms with Crippen LogP contribution in [0.2, 0.25) is 0 Å². The van der Waals surface area contributed by atoms with Gasteiger partial charge in [0.2, 0.25) is 0 Å². The highest BCUT2D eigenvalue weighted by molar-refractivity contribution is 5.77. The van der Waals surface area contributed by atoms with Gasteiger partial charge in [-0.15, -0.1) is 0 Å². The number of hydrogen-bond donors (Lipinski definition) is 0. The summed E-state index contributed by atoms with van der Waals surface area (Å²) in [4.78, 5) is 12.0. The van der Waals surface area contributed by atoms with Crippen molar-refractivity contribution < 1.29 is 9.53 Å². The molecule has 2 heteroatoms. The number of fused-ring (bicyclic) bond motifs is 3. The lowest BCUT2D eigenvalue weighted by atomic mass is 9.54. The quantitative estimate of drug-likeness (QED) is 0.481. The Morgan fingerprint density at radius 2 is 1.94 bits per heavy atom. The summed E-state index contributed by atoms with van der Waals surface area (Å²) in [6, 6.07) is 0. The summed E-state index contributed by atoms with van der Waals surface area (Å²) in [5.74, 6) is 0.0619. The van der Waals surface area contributed by atoms with E-state index < -0.39 is 0 Å². The predicted molar refractivity (Wildman–Crippen MR) is 71.0 cm³/mol. The van der Waals surface area contributed by atoms with Crippen molar-refractivity contribution in [2.45, 2.75) is 65.9 Å². The summed E-state index contributed by atoms with van der Waals surface area (Å²) >= 11 is 0. The van der Waals surface area contributed by atoms with Crippen molar-refractivity contribution in [1.82, 2.24) is 0 Å². The smallest absolute Gasteiger partial charge is 0.309 e. The highest BCUT2D eigenvalue weighted by Crippen LogP contribution is 2.60. The van der Waals surface area contributed by atoms with E-state index in [-0.39, 0.29) is 28.8 Å². The van der Waals surface area contributed by atoms with Crippen LogP contribution in [0, 0.1) is 16.7 Å². The van der Waals surface area contributed by atoms with Gasteiger partial charge < -0.3 is 4.74 Å². The number of rotatable bonds is 0. The summed E-state index contributed by atoms with van der Waals surface area (Å²) in [6.07, 6.45) is 6.13. The van der Waals surface area contributed by atoms with E-state index in [9.17, 15) is 4.79 Å². The number of carbonyl (C=O) groups excluding carboxylic acids is 1. The topological polar surface area (TPSA) is 26.3 Å². The second-order valence-corrected chi connectivity index (χ2v) is 7.15. The normalized spacial score (nSPS) is 47.7. The maximum Gasteiger partial charge on any atom is 0.309 e. The summed E-state index contributed by atoms with van der Waals surface area (Å²) < 4.78 is 5.79. The van der Waals surface area contributed by atoms with E-state index >= 15 is 0 Å². The molecule has 1 heterocycles. The molecule has 1 unspecified atom stereocenters. The molecule has 0 aromatic carbocycles. The van der Waals surface area contributed by atoms with Crippen LogP contribution in [-0.4, -0.2) is 12.1 Å². The van der Waals surface area contributed by atoms with Crippen LogP contribution in [0.5, 0.6) is 0 Å². The maximum absolute atomic E-state index is 12.0. The zero-order valence-electron chi connectivity index (χ0n) is 12.0. The largest absolute Gasteiger partial charge is 0.457 e. The van der Waals surface area contributed by atoms with E-state index in [0.29, 0.717) is 0 Å². The highest BCUT2D eigenvalue weighted by atomic mass is 16.6. The Kier molecular flexibility index (Phi) is 2.46. The third kappa shape index (κ3) is 1.38. The first-order chi connectivity index (χ1) is 8.38. The van der Waals surface area contributed by atoms with E-state index in [4.69, 9.17) is 4.74 Å². The van der Waals surface area contributed by atoms with Gasteiger partial charge in [0.1, 0.15) is 6.10 Å². The van der Waals surface area contributed by atoms with Gasteiger partial charge in [-0.1, -0.05) is 26.3 Å². The first kappa shape index (κ1) is 12.3. The Morgan fingerprint density at radius 3 is 2.67 bits per heavy atom. The number of hydrogen-bond acceptors (Lipinski definition) is 2. The molecule has 0 N–H and O–H groups in total. The summed E-state index contributed by atoms with van der Waals surface area (Å²) in [5.41, 5.74) is 3.28. The number of esters is 1. The lowest BCUT2D eigenvalue weighted by molar-refractivity contribution is -0.143. The number of ether oxygens (including phenoxy) is 1. The van der Waals surface area contributed by atoms with Crippen LogP contribution in [0.15, 0.2) is 11.1 Å². The highest BCUT2D eigenvalue weighted by Gasteiger charge is 2.59. The Hall–Kier alpha value is -0.790. The van der Waals surface area contributed by atoms with Gasteiger partial charge in [0, 0.05) is 5.41 Å². The van der Waals surface area contributed by atoms with Gasteiger partial charge in [-0.25, -0.2) is 0 Å². The standard InChI is InChI=1S/C16H24O2/c1-10-6-5-7-15(3)8-9-16(4)11(2)14(17)18-13(16)12(10)15/h11,13H,5-9H2,1-4H3/t11-,13-,15+,16?/m0/s1. The summed E-state index contributed by atoms with van der Waals surface area (Å²) in [6.45, 7) is 8.92. The van der Waals surface area contributed by atoms with Crippen LogP contribution >= 0.6 is 0 Å². The van der Waals surface area contributed by atoms with Crippen LogP contribution in [0.25, 0.3) is 0 Å². The molecule has 3 aliphatic rings. The van der Waals surface area contributed by atoms with Crippen molar-refractivity contribution in [2.75, 3.05) is 0 Å². The van der Waals surface area contributed by atoms with Crippen molar-refractivity contribution >= 4 is 5.97 Å². The molecule has 100 valence electrons. The van der Waals surface area contributed by atoms with Crippen LogP contribution in [-0.2, 0) is 9.53 Å². The molecular weight excluding hydrogens is 224 g/mol. The minimum Gasteiger partial charge on any atom is -0.457 e. The molecular formula is C16H24O2. The fourth-order valence-electron chi connectivity index (χ4n) is 4.46. The average Bonchev–Trinajstić information content (AvgIpc) is 2.53. The molecule has 0 aromatic rings. The van der Waals surface area contributed by atoms with E-state index in [2.05, 4.69) is 20.8 Å². The van der Waals surface area contributed by atoms with Gasteiger partial charge >= 0.3 is 5.97 Å². The summed E-state index contributed by atoms with van der Waals surface area (Å²) in [5, 5.41) is 0. The first-order valence-corrected chi connectivity index (χ1v) is 7.29. The Balaban J connectivity index is 2.10. The van der Waals surface area contributed by atoms with E-state index in [1.807, 2.05) is 6.92 Å². The third-order valence-corrected chi connectivity index (χ3v) is 6.04. The van der Waals surface area contributed by atoms with Crippen molar-refractivity contribution in [3.8, 4) is 0 Å². The Morgan fingerprint density at radius 1 is 1.22 bits per heavy atom. The van der Waals surface area contributed by atoms with Gasteiger partial charge in [0.25, 0.3) is 0 Å². The zero-order chi connectivity index (χ0) is 13.1. The molecule has 2 nitrogen and oxygen atoms in total. The molecule has 0 amide bonds. The van der Waals surface area contributed by atoms with Gasteiger partial charge in [0.05, 0.1) is 5.92 Å². The number of allylic oxidation sites excluding steroid dienone is 1. The second kappa shape index (κ2) is 3.61.